The van der Waals surface area contributed by atoms with Gasteiger partial charge in [0.1, 0.15) is 6.04 Å². The lowest BCUT2D eigenvalue weighted by atomic mass is 9.99. The Morgan fingerprint density at radius 1 is 1.19 bits per heavy atom. The van der Waals surface area contributed by atoms with Gasteiger partial charge in [-0.1, -0.05) is 20.3 Å². The Morgan fingerprint density at radius 3 is 2.19 bits per heavy atom. The van der Waals surface area contributed by atoms with E-state index in [1.807, 2.05) is 27.7 Å². The lowest BCUT2D eigenvalue weighted by molar-refractivity contribution is -0.140. The highest BCUT2D eigenvalue weighted by Crippen LogP contribution is 2.07. The predicted molar refractivity (Wildman–Crippen MR) is 79.9 cm³/mol. The molecule has 0 saturated carbocycles. The van der Waals surface area contributed by atoms with E-state index in [1.165, 1.54) is 0 Å². The number of amides is 3. The Balaban J connectivity index is 4.15. The summed E-state index contributed by atoms with van der Waals surface area (Å²) in [4.78, 5) is 34.2. The quantitative estimate of drug-likeness (QED) is 0.564. The summed E-state index contributed by atoms with van der Waals surface area (Å²) in [5.74, 6) is -1.40. The van der Waals surface area contributed by atoms with Crippen LogP contribution in [0.4, 0.5) is 4.79 Å². The first-order valence-electron chi connectivity index (χ1n) is 7.15. The van der Waals surface area contributed by atoms with Crippen LogP contribution in [-0.2, 0) is 9.59 Å². The summed E-state index contributed by atoms with van der Waals surface area (Å²) < 4.78 is 0. The molecule has 0 aromatic heterocycles. The monoisotopic (exact) mass is 301 g/mol. The normalized spacial score (nSPS) is 14.0. The van der Waals surface area contributed by atoms with Gasteiger partial charge in [-0.2, -0.15) is 0 Å². The first kappa shape index (κ1) is 19.2. The molecule has 0 aromatic rings. The van der Waals surface area contributed by atoms with E-state index in [1.54, 1.807) is 6.92 Å². The molecule has 0 spiro atoms. The molecule has 4 N–H and O–H groups in total. The van der Waals surface area contributed by atoms with Crippen molar-refractivity contribution in [3.63, 3.8) is 0 Å². The van der Waals surface area contributed by atoms with Crippen LogP contribution in [-0.4, -0.2) is 41.1 Å². The molecular formula is C14H27N3O4. The number of rotatable bonds is 7. The summed E-state index contributed by atoms with van der Waals surface area (Å²) in [5.41, 5.74) is -0.315. The van der Waals surface area contributed by atoms with Gasteiger partial charge in [0, 0.05) is 18.5 Å². The van der Waals surface area contributed by atoms with E-state index in [-0.39, 0.29) is 30.3 Å². The van der Waals surface area contributed by atoms with E-state index in [4.69, 9.17) is 5.11 Å². The lowest BCUT2D eigenvalue weighted by Gasteiger charge is -2.21. The third-order valence-corrected chi connectivity index (χ3v) is 2.92. The highest BCUT2D eigenvalue weighted by Gasteiger charge is 2.25. The van der Waals surface area contributed by atoms with Crippen LogP contribution in [0.3, 0.4) is 0 Å². The number of urea groups is 1. The molecule has 7 heteroatoms. The Bertz CT molecular complexity index is 377. The fourth-order valence-corrected chi connectivity index (χ4v) is 1.65. The smallest absolute Gasteiger partial charge is 0.326 e. The molecule has 0 aromatic carbocycles. The molecule has 0 bridgehead atoms. The molecular weight excluding hydrogens is 274 g/mol. The molecule has 122 valence electrons. The van der Waals surface area contributed by atoms with Crippen LogP contribution in [0.2, 0.25) is 0 Å². The van der Waals surface area contributed by atoms with Crippen molar-refractivity contribution in [2.75, 3.05) is 6.54 Å². The Hall–Kier alpha value is -1.79. The summed E-state index contributed by atoms with van der Waals surface area (Å²) in [6.45, 7) is 9.38. The van der Waals surface area contributed by atoms with Gasteiger partial charge in [-0.25, -0.2) is 9.59 Å². The molecule has 0 saturated heterocycles. The standard InChI is InChI=1S/C14H27N3O4/c1-6-9(2)11(12(19)20)16-13(21)15-8-7-10(18)17-14(3,4)5/h9,11H,6-8H2,1-5H3,(H,17,18)(H,19,20)(H2,15,16,21). The molecule has 0 radical (unpaired) electrons. The van der Waals surface area contributed by atoms with E-state index in [0.29, 0.717) is 6.42 Å². The van der Waals surface area contributed by atoms with Crippen LogP contribution in [0.25, 0.3) is 0 Å². The van der Waals surface area contributed by atoms with Crippen LogP contribution in [0.1, 0.15) is 47.5 Å². The number of carbonyl (C=O) groups is 3. The summed E-state index contributed by atoms with van der Waals surface area (Å²) in [6, 6.07) is -1.51. The van der Waals surface area contributed by atoms with Crippen molar-refractivity contribution in [1.82, 2.24) is 16.0 Å². The van der Waals surface area contributed by atoms with Crippen molar-refractivity contribution in [1.29, 1.82) is 0 Å². The minimum Gasteiger partial charge on any atom is -0.480 e. The molecule has 0 fully saturated rings. The first-order valence-corrected chi connectivity index (χ1v) is 7.15. The minimum atomic E-state index is -1.06. The summed E-state index contributed by atoms with van der Waals surface area (Å²) >= 11 is 0. The maximum atomic E-state index is 11.6. The number of hydrogen-bond donors (Lipinski definition) is 4. The largest absolute Gasteiger partial charge is 0.480 e. The molecule has 21 heavy (non-hydrogen) atoms. The maximum absolute atomic E-state index is 11.6. The number of hydrogen-bond acceptors (Lipinski definition) is 3. The van der Waals surface area contributed by atoms with Gasteiger partial charge in [0.15, 0.2) is 0 Å². The molecule has 0 aliphatic rings. The third kappa shape index (κ3) is 8.88. The van der Waals surface area contributed by atoms with Gasteiger partial charge < -0.3 is 21.1 Å². The van der Waals surface area contributed by atoms with Crippen molar-refractivity contribution in [3.8, 4) is 0 Å². The van der Waals surface area contributed by atoms with Gasteiger partial charge in [0.2, 0.25) is 5.91 Å². The SMILES string of the molecule is CCC(C)C(NC(=O)NCCC(=O)NC(C)(C)C)C(=O)O. The second-order valence-electron chi connectivity index (χ2n) is 6.15. The van der Waals surface area contributed by atoms with Gasteiger partial charge >= 0.3 is 12.0 Å². The predicted octanol–water partition coefficient (Wildman–Crippen LogP) is 1.09. The topological polar surface area (TPSA) is 108 Å². The van der Waals surface area contributed by atoms with Crippen LogP contribution in [0, 0.1) is 5.92 Å². The Morgan fingerprint density at radius 2 is 1.76 bits per heavy atom. The van der Waals surface area contributed by atoms with Gasteiger partial charge in [-0.05, 0) is 26.7 Å². The van der Waals surface area contributed by atoms with Gasteiger partial charge in [0.05, 0.1) is 0 Å². The van der Waals surface area contributed by atoms with Crippen LogP contribution >= 0.6 is 0 Å². The lowest BCUT2D eigenvalue weighted by Crippen LogP contribution is -2.49. The highest BCUT2D eigenvalue weighted by molar-refractivity contribution is 5.83. The number of carboxylic acids is 1. The molecule has 7 nitrogen and oxygen atoms in total. The highest BCUT2D eigenvalue weighted by atomic mass is 16.4. The van der Waals surface area contributed by atoms with Crippen molar-refractivity contribution in [2.24, 2.45) is 5.92 Å². The molecule has 2 atom stereocenters. The van der Waals surface area contributed by atoms with E-state index in [0.717, 1.165) is 0 Å². The number of nitrogens with one attached hydrogen (secondary N) is 3. The maximum Gasteiger partial charge on any atom is 0.326 e. The van der Waals surface area contributed by atoms with Crippen molar-refractivity contribution in [3.05, 3.63) is 0 Å². The zero-order chi connectivity index (χ0) is 16.6. The van der Waals surface area contributed by atoms with E-state index in [9.17, 15) is 14.4 Å². The fraction of sp³-hybridized carbons (Fsp3) is 0.786. The van der Waals surface area contributed by atoms with E-state index < -0.39 is 18.0 Å². The zero-order valence-electron chi connectivity index (χ0n) is 13.4. The third-order valence-electron chi connectivity index (χ3n) is 2.92. The number of aliphatic carboxylic acids is 1. The molecule has 0 rings (SSSR count). The van der Waals surface area contributed by atoms with Crippen LogP contribution in [0.15, 0.2) is 0 Å². The van der Waals surface area contributed by atoms with E-state index in [2.05, 4.69) is 16.0 Å². The second kappa shape index (κ2) is 8.49. The van der Waals surface area contributed by atoms with Crippen molar-refractivity contribution < 1.29 is 19.5 Å². The number of carbonyl (C=O) groups excluding carboxylic acids is 2. The Labute approximate surface area is 125 Å². The summed E-state index contributed by atoms with van der Waals surface area (Å²) in [7, 11) is 0. The van der Waals surface area contributed by atoms with Crippen molar-refractivity contribution >= 4 is 17.9 Å². The zero-order valence-corrected chi connectivity index (χ0v) is 13.4. The molecule has 0 aliphatic carbocycles. The first-order chi connectivity index (χ1) is 9.56. The molecule has 0 aliphatic heterocycles. The van der Waals surface area contributed by atoms with Crippen LogP contribution in [0.5, 0.6) is 0 Å². The average molecular weight is 301 g/mol. The minimum absolute atomic E-state index is 0.145. The molecule has 3 amide bonds. The molecule has 0 heterocycles. The van der Waals surface area contributed by atoms with Gasteiger partial charge in [-0.3, -0.25) is 4.79 Å². The van der Waals surface area contributed by atoms with Gasteiger partial charge in [0.25, 0.3) is 0 Å². The van der Waals surface area contributed by atoms with E-state index >= 15 is 0 Å². The summed E-state index contributed by atoms with van der Waals surface area (Å²) in [5, 5.41) is 16.7. The summed E-state index contributed by atoms with van der Waals surface area (Å²) in [6.07, 6.45) is 0.789. The average Bonchev–Trinajstić information content (AvgIpc) is 2.32. The second-order valence-corrected chi connectivity index (χ2v) is 6.15. The van der Waals surface area contributed by atoms with Crippen molar-refractivity contribution in [2.45, 2.75) is 59.0 Å². The molecule has 2 unspecified atom stereocenters. The Kier molecular flexibility index (Phi) is 7.76. The fourth-order valence-electron chi connectivity index (χ4n) is 1.65. The van der Waals surface area contributed by atoms with Gasteiger partial charge in [-0.15, -0.1) is 0 Å². The van der Waals surface area contributed by atoms with Crippen LogP contribution < -0.4 is 16.0 Å². The number of carboxylic acid groups (broad SMARTS) is 1.